The average Bonchev–Trinajstić information content (AvgIpc) is 2.93. The summed E-state index contributed by atoms with van der Waals surface area (Å²) in [4.78, 5) is 14.6. The van der Waals surface area contributed by atoms with Crippen molar-refractivity contribution in [1.82, 2.24) is 4.57 Å². The van der Waals surface area contributed by atoms with E-state index < -0.39 is 0 Å². The first kappa shape index (κ1) is 14.4. The van der Waals surface area contributed by atoms with E-state index in [0.717, 1.165) is 5.69 Å². The SMILES string of the molecule is CCn1cc(NC(C)c2cc3c(s2)CCCC3)ccc1=O. The third-order valence-electron chi connectivity index (χ3n) is 4.15. The van der Waals surface area contributed by atoms with Gasteiger partial charge in [0.15, 0.2) is 0 Å². The molecule has 0 saturated carbocycles. The minimum absolute atomic E-state index is 0.0577. The fourth-order valence-electron chi connectivity index (χ4n) is 2.91. The van der Waals surface area contributed by atoms with Crippen molar-refractivity contribution in [1.29, 1.82) is 0 Å². The molecule has 1 atom stereocenters. The van der Waals surface area contributed by atoms with Crippen molar-refractivity contribution in [2.45, 2.75) is 52.1 Å². The van der Waals surface area contributed by atoms with Crippen LogP contribution < -0.4 is 10.9 Å². The lowest BCUT2D eigenvalue weighted by Crippen LogP contribution is -2.18. The fourth-order valence-corrected chi connectivity index (χ4v) is 4.17. The van der Waals surface area contributed by atoms with E-state index in [1.807, 2.05) is 30.5 Å². The zero-order valence-corrected chi connectivity index (χ0v) is 13.5. The number of aromatic nitrogens is 1. The van der Waals surface area contributed by atoms with Crippen LogP contribution in [-0.2, 0) is 19.4 Å². The van der Waals surface area contributed by atoms with Gasteiger partial charge in [0.1, 0.15) is 0 Å². The summed E-state index contributed by atoms with van der Waals surface area (Å²) in [7, 11) is 0. The molecule has 0 aromatic carbocycles. The van der Waals surface area contributed by atoms with E-state index in [1.54, 1.807) is 21.1 Å². The van der Waals surface area contributed by atoms with E-state index in [0.29, 0.717) is 6.54 Å². The van der Waals surface area contributed by atoms with Gasteiger partial charge in [0.25, 0.3) is 5.56 Å². The van der Waals surface area contributed by atoms with Crippen molar-refractivity contribution in [3.8, 4) is 0 Å². The predicted octanol–water partition coefficient (Wildman–Crippen LogP) is 3.98. The maximum atomic E-state index is 11.6. The van der Waals surface area contributed by atoms with Gasteiger partial charge in [-0.25, -0.2) is 0 Å². The number of nitrogens with one attached hydrogen (secondary N) is 1. The summed E-state index contributed by atoms with van der Waals surface area (Å²) in [6.45, 7) is 4.89. The molecule has 21 heavy (non-hydrogen) atoms. The molecule has 1 unspecified atom stereocenters. The zero-order valence-electron chi connectivity index (χ0n) is 12.7. The summed E-state index contributed by atoms with van der Waals surface area (Å²) in [6, 6.07) is 6.16. The number of pyridine rings is 1. The second kappa shape index (κ2) is 6.06. The molecule has 0 radical (unpaired) electrons. The van der Waals surface area contributed by atoms with Crippen molar-refractivity contribution in [3.05, 3.63) is 50.1 Å². The first-order chi connectivity index (χ1) is 10.2. The van der Waals surface area contributed by atoms with E-state index in [2.05, 4.69) is 18.3 Å². The van der Waals surface area contributed by atoms with Gasteiger partial charge in [0.05, 0.1) is 11.7 Å². The summed E-state index contributed by atoms with van der Waals surface area (Å²) in [5.41, 5.74) is 2.62. The standard InChI is InChI=1S/C17H22N2OS/c1-3-19-11-14(8-9-17(19)20)18-12(2)16-10-13-6-4-5-7-15(13)21-16/h8-12,18H,3-7H2,1-2H3. The number of rotatable bonds is 4. The van der Waals surface area contributed by atoms with E-state index in [4.69, 9.17) is 0 Å². The Morgan fingerprint density at radius 2 is 2.14 bits per heavy atom. The molecule has 112 valence electrons. The lowest BCUT2D eigenvalue weighted by atomic mass is 9.99. The Bertz CT molecular complexity index is 663. The van der Waals surface area contributed by atoms with Gasteiger partial charge >= 0.3 is 0 Å². The number of hydrogen-bond donors (Lipinski definition) is 1. The summed E-state index contributed by atoms with van der Waals surface area (Å²) in [5.74, 6) is 0. The third-order valence-corrected chi connectivity index (χ3v) is 5.57. The van der Waals surface area contributed by atoms with Gasteiger partial charge < -0.3 is 9.88 Å². The number of hydrogen-bond acceptors (Lipinski definition) is 3. The Labute approximate surface area is 129 Å². The Morgan fingerprint density at radius 1 is 1.33 bits per heavy atom. The predicted molar refractivity (Wildman–Crippen MR) is 89.4 cm³/mol. The first-order valence-corrected chi connectivity index (χ1v) is 8.57. The van der Waals surface area contributed by atoms with E-state index in [9.17, 15) is 4.79 Å². The van der Waals surface area contributed by atoms with Crippen molar-refractivity contribution < 1.29 is 0 Å². The van der Waals surface area contributed by atoms with E-state index in [1.165, 1.54) is 30.6 Å². The van der Waals surface area contributed by atoms with Gasteiger partial charge in [-0.3, -0.25) is 4.79 Å². The second-order valence-electron chi connectivity index (χ2n) is 5.71. The smallest absolute Gasteiger partial charge is 0.250 e. The lowest BCUT2D eigenvalue weighted by molar-refractivity contribution is 0.696. The highest BCUT2D eigenvalue weighted by molar-refractivity contribution is 7.12. The maximum Gasteiger partial charge on any atom is 0.250 e. The van der Waals surface area contributed by atoms with Crippen molar-refractivity contribution in [3.63, 3.8) is 0 Å². The van der Waals surface area contributed by atoms with Crippen LogP contribution in [0, 0.1) is 0 Å². The lowest BCUT2D eigenvalue weighted by Gasteiger charge is -2.14. The Kier molecular flexibility index (Phi) is 4.15. The molecule has 3 rings (SSSR count). The molecule has 1 aliphatic rings. The van der Waals surface area contributed by atoms with E-state index in [-0.39, 0.29) is 11.6 Å². The third kappa shape index (κ3) is 3.05. The van der Waals surface area contributed by atoms with Gasteiger partial charge in [-0.15, -0.1) is 11.3 Å². The minimum Gasteiger partial charge on any atom is -0.377 e. The van der Waals surface area contributed by atoms with Crippen LogP contribution in [0.25, 0.3) is 0 Å². The normalized spacial score (nSPS) is 15.5. The number of thiophene rings is 1. The van der Waals surface area contributed by atoms with Crippen molar-refractivity contribution in [2.24, 2.45) is 0 Å². The molecule has 0 amide bonds. The largest absolute Gasteiger partial charge is 0.377 e. The molecule has 2 aromatic rings. The number of anilines is 1. The molecule has 4 heteroatoms. The van der Waals surface area contributed by atoms with Crippen LogP contribution in [0.3, 0.4) is 0 Å². The van der Waals surface area contributed by atoms with Gasteiger partial charge in [0, 0.05) is 28.6 Å². The number of aryl methyl sites for hydroxylation is 3. The van der Waals surface area contributed by atoms with Crippen LogP contribution in [0.2, 0.25) is 0 Å². The quantitative estimate of drug-likeness (QED) is 0.927. The maximum absolute atomic E-state index is 11.6. The Balaban J connectivity index is 1.78. The molecular formula is C17H22N2OS. The summed E-state index contributed by atoms with van der Waals surface area (Å²) in [5, 5.41) is 3.52. The van der Waals surface area contributed by atoms with Crippen LogP contribution in [-0.4, -0.2) is 4.57 Å². The number of nitrogens with zero attached hydrogens (tertiary/aromatic N) is 1. The molecular weight excluding hydrogens is 280 g/mol. The van der Waals surface area contributed by atoms with Crippen LogP contribution >= 0.6 is 11.3 Å². The molecule has 1 N–H and O–H groups in total. The summed E-state index contributed by atoms with van der Waals surface area (Å²) in [6.07, 6.45) is 7.04. The highest BCUT2D eigenvalue weighted by Crippen LogP contribution is 2.33. The minimum atomic E-state index is 0.0577. The van der Waals surface area contributed by atoms with Crippen molar-refractivity contribution >= 4 is 17.0 Å². The molecule has 2 heterocycles. The Morgan fingerprint density at radius 3 is 2.90 bits per heavy atom. The molecule has 2 aromatic heterocycles. The molecule has 1 aliphatic carbocycles. The van der Waals surface area contributed by atoms with Crippen LogP contribution in [0.15, 0.2) is 29.2 Å². The van der Waals surface area contributed by atoms with Gasteiger partial charge in [-0.1, -0.05) is 0 Å². The molecule has 0 bridgehead atoms. The average molecular weight is 302 g/mol. The fraction of sp³-hybridized carbons (Fsp3) is 0.471. The highest BCUT2D eigenvalue weighted by Gasteiger charge is 2.16. The molecule has 3 nitrogen and oxygen atoms in total. The van der Waals surface area contributed by atoms with Crippen LogP contribution in [0.1, 0.15) is 48.0 Å². The molecule has 0 fully saturated rings. The summed E-state index contributed by atoms with van der Waals surface area (Å²) >= 11 is 1.94. The van der Waals surface area contributed by atoms with E-state index >= 15 is 0 Å². The molecule has 0 aliphatic heterocycles. The Hall–Kier alpha value is -1.55. The number of fused-ring (bicyclic) bond motifs is 1. The van der Waals surface area contributed by atoms with Crippen molar-refractivity contribution in [2.75, 3.05) is 5.32 Å². The topological polar surface area (TPSA) is 34.0 Å². The van der Waals surface area contributed by atoms with Crippen LogP contribution in [0.4, 0.5) is 5.69 Å². The molecule has 0 saturated heterocycles. The molecule has 0 spiro atoms. The van der Waals surface area contributed by atoms with Crippen LogP contribution in [0.5, 0.6) is 0 Å². The monoisotopic (exact) mass is 302 g/mol. The zero-order chi connectivity index (χ0) is 14.8. The highest BCUT2D eigenvalue weighted by atomic mass is 32.1. The van der Waals surface area contributed by atoms with Gasteiger partial charge in [-0.2, -0.15) is 0 Å². The first-order valence-electron chi connectivity index (χ1n) is 7.76. The van der Waals surface area contributed by atoms with Gasteiger partial charge in [0.2, 0.25) is 0 Å². The van der Waals surface area contributed by atoms with Gasteiger partial charge in [-0.05, 0) is 57.2 Å². The summed E-state index contributed by atoms with van der Waals surface area (Å²) < 4.78 is 1.73. The second-order valence-corrected chi connectivity index (χ2v) is 6.88.